The minimum Gasteiger partial charge on any atom is -0.459 e. The van der Waals surface area contributed by atoms with Gasteiger partial charge in [-0.2, -0.15) is 0 Å². The van der Waals surface area contributed by atoms with Gasteiger partial charge in [-0.15, -0.1) is 0 Å². The van der Waals surface area contributed by atoms with E-state index in [0.29, 0.717) is 11.5 Å². The van der Waals surface area contributed by atoms with Gasteiger partial charge in [-0.05, 0) is 37.8 Å². The SMILES string of the molecule is CCC(C)C(C)OC(=O)c1c(C)cccc1C. The van der Waals surface area contributed by atoms with E-state index in [4.69, 9.17) is 4.74 Å². The molecule has 0 heterocycles. The lowest BCUT2D eigenvalue weighted by Gasteiger charge is -2.20. The molecule has 2 nitrogen and oxygen atoms in total. The number of ether oxygens (including phenoxy) is 1. The maximum absolute atomic E-state index is 12.1. The molecule has 0 aliphatic rings. The van der Waals surface area contributed by atoms with Crippen LogP contribution in [-0.2, 0) is 4.74 Å². The number of carbonyl (C=O) groups excluding carboxylic acids is 1. The Bertz CT molecular complexity index is 376. The minimum atomic E-state index is -0.201. The van der Waals surface area contributed by atoms with Crippen LogP contribution in [-0.4, -0.2) is 12.1 Å². The van der Waals surface area contributed by atoms with Crippen molar-refractivity contribution in [2.45, 2.75) is 47.1 Å². The van der Waals surface area contributed by atoms with Crippen LogP contribution in [0.2, 0.25) is 0 Å². The van der Waals surface area contributed by atoms with E-state index in [1.807, 2.05) is 39.0 Å². The number of esters is 1. The molecule has 0 bridgehead atoms. The van der Waals surface area contributed by atoms with Gasteiger partial charge in [-0.3, -0.25) is 0 Å². The third-order valence-corrected chi connectivity index (χ3v) is 3.42. The van der Waals surface area contributed by atoms with Crippen LogP contribution in [0.4, 0.5) is 0 Å². The highest BCUT2D eigenvalue weighted by Crippen LogP contribution is 2.18. The molecule has 1 aromatic carbocycles. The van der Waals surface area contributed by atoms with Crippen molar-refractivity contribution < 1.29 is 9.53 Å². The fraction of sp³-hybridized carbons (Fsp3) is 0.533. The molecule has 17 heavy (non-hydrogen) atoms. The van der Waals surface area contributed by atoms with Gasteiger partial charge in [0.2, 0.25) is 0 Å². The Labute approximate surface area is 104 Å². The molecule has 0 spiro atoms. The second-order valence-electron chi connectivity index (χ2n) is 4.76. The highest BCUT2D eigenvalue weighted by molar-refractivity contribution is 5.92. The van der Waals surface area contributed by atoms with Gasteiger partial charge in [0.25, 0.3) is 0 Å². The molecule has 2 heteroatoms. The number of rotatable bonds is 4. The van der Waals surface area contributed by atoms with Crippen LogP contribution >= 0.6 is 0 Å². The maximum atomic E-state index is 12.1. The average molecular weight is 234 g/mol. The molecule has 0 aliphatic carbocycles. The Morgan fingerprint density at radius 2 is 1.76 bits per heavy atom. The summed E-state index contributed by atoms with van der Waals surface area (Å²) in [6, 6.07) is 5.84. The molecule has 1 aromatic rings. The highest BCUT2D eigenvalue weighted by Gasteiger charge is 2.19. The number of aryl methyl sites for hydroxylation is 2. The Balaban J connectivity index is 2.84. The van der Waals surface area contributed by atoms with E-state index in [0.717, 1.165) is 17.5 Å². The zero-order valence-electron chi connectivity index (χ0n) is 11.4. The third-order valence-electron chi connectivity index (χ3n) is 3.42. The first-order valence-corrected chi connectivity index (χ1v) is 6.24. The van der Waals surface area contributed by atoms with Crippen molar-refractivity contribution in [3.63, 3.8) is 0 Å². The lowest BCUT2D eigenvalue weighted by Crippen LogP contribution is -2.22. The van der Waals surface area contributed by atoms with Gasteiger partial charge in [-0.25, -0.2) is 4.79 Å². The Morgan fingerprint density at radius 3 is 2.24 bits per heavy atom. The summed E-state index contributed by atoms with van der Waals surface area (Å²) in [5, 5.41) is 0. The molecule has 0 aliphatic heterocycles. The first kappa shape index (κ1) is 13.8. The predicted molar refractivity (Wildman–Crippen MR) is 70.2 cm³/mol. The minimum absolute atomic E-state index is 0.0356. The molecule has 2 unspecified atom stereocenters. The van der Waals surface area contributed by atoms with E-state index in [1.165, 1.54) is 0 Å². The molecule has 2 atom stereocenters. The fourth-order valence-electron chi connectivity index (χ4n) is 1.81. The van der Waals surface area contributed by atoms with E-state index in [1.54, 1.807) is 0 Å². The van der Waals surface area contributed by atoms with Crippen molar-refractivity contribution >= 4 is 5.97 Å². The molecule has 0 saturated carbocycles. The van der Waals surface area contributed by atoms with Crippen molar-refractivity contribution in [1.29, 1.82) is 0 Å². The first-order valence-electron chi connectivity index (χ1n) is 6.24. The van der Waals surface area contributed by atoms with Gasteiger partial charge in [0, 0.05) is 0 Å². The Morgan fingerprint density at radius 1 is 1.24 bits per heavy atom. The quantitative estimate of drug-likeness (QED) is 0.739. The van der Waals surface area contributed by atoms with Gasteiger partial charge >= 0.3 is 5.97 Å². The summed E-state index contributed by atoms with van der Waals surface area (Å²) in [5.41, 5.74) is 2.67. The van der Waals surface area contributed by atoms with E-state index < -0.39 is 0 Å². The molecule has 1 rings (SSSR count). The molecule has 0 fully saturated rings. The highest BCUT2D eigenvalue weighted by atomic mass is 16.5. The van der Waals surface area contributed by atoms with Crippen LogP contribution in [0.1, 0.15) is 48.7 Å². The van der Waals surface area contributed by atoms with Crippen molar-refractivity contribution in [2.24, 2.45) is 5.92 Å². The first-order chi connectivity index (χ1) is 7.97. The number of carbonyl (C=O) groups is 1. The standard InChI is InChI=1S/C15H22O2/c1-6-10(2)13(5)17-15(16)14-11(3)8-7-9-12(14)4/h7-10,13H,6H2,1-5H3. The van der Waals surface area contributed by atoms with E-state index in [9.17, 15) is 4.79 Å². The summed E-state index contributed by atoms with van der Waals surface area (Å²) in [7, 11) is 0. The lowest BCUT2D eigenvalue weighted by atomic mass is 10.0. The number of hydrogen-bond acceptors (Lipinski definition) is 2. The van der Waals surface area contributed by atoms with Crippen LogP contribution < -0.4 is 0 Å². The van der Waals surface area contributed by atoms with Gasteiger partial charge in [0.15, 0.2) is 0 Å². The number of benzene rings is 1. The largest absolute Gasteiger partial charge is 0.459 e. The molecule has 0 saturated heterocycles. The van der Waals surface area contributed by atoms with Crippen molar-refractivity contribution in [3.8, 4) is 0 Å². The zero-order chi connectivity index (χ0) is 13.0. The number of hydrogen-bond donors (Lipinski definition) is 0. The van der Waals surface area contributed by atoms with Crippen molar-refractivity contribution in [1.82, 2.24) is 0 Å². The summed E-state index contributed by atoms with van der Waals surface area (Å²) < 4.78 is 5.51. The van der Waals surface area contributed by atoms with Gasteiger partial charge in [0.05, 0.1) is 5.56 Å². The van der Waals surface area contributed by atoms with E-state index >= 15 is 0 Å². The monoisotopic (exact) mass is 234 g/mol. The van der Waals surface area contributed by atoms with Crippen LogP contribution in [0.15, 0.2) is 18.2 Å². The predicted octanol–water partition coefficient (Wildman–Crippen LogP) is 3.89. The molecule has 0 N–H and O–H groups in total. The van der Waals surface area contributed by atoms with Crippen LogP contribution in [0, 0.1) is 19.8 Å². The zero-order valence-corrected chi connectivity index (χ0v) is 11.4. The van der Waals surface area contributed by atoms with Crippen LogP contribution in [0.3, 0.4) is 0 Å². The fourth-order valence-corrected chi connectivity index (χ4v) is 1.81. The molecule has 94 valence electrons. The summed E-state index contributed by atoms with van der Waals surface area (Å²) >= 11 is 0. The van der Waals surface area contributed by atoms with Crippen LogP contribution in [0.5, 0.6) is 0 Å². The van der Waals surface area contributed by atoms with Crippen molar-refractivity contribution in [2.75, 3.05) is 0 Å². The van der Waals surface area contributed by atoms with Gasteiger partial charge in [-0.1, -0.05) is 38.5 Å². The Kier molecular flexibility index (Phi) is 4.73. The topological polar surface area (TPSA) is 26.3 Å². The second-order valence-corrected chi connectivity index (χ2v) is 4.76. The molecule has 0 amide bonds. The molecule has 0 aromatic heterocycles. The summed E-state index contributed by atoms with van der Waals surface area (Å²) in [6.45, 7) is 10.0. The second kappa shape index (κ2) is 5.85. The van der Waals surface area contributed by atoms with Crippen molar-refractivity contribution in [3.05, 3.63) is 34.9 Å². The molecule has 0 radical (unpaired) electrons. The average Bonchev–Trinajstić information content (AvgIpc) is 2.27. The van der Waals surface area contributed by atoms with Gasteiger partial charge < -0.3 is 4.74 Å². The van der Waals surface area contributed by atoms with E-state index in [-0.39, 0.29) is 12.1 Å². The van der Waals surface area contributed by atoms with E-state index in [2.05, 4.69) is 13.8 Å². The van der Waals surface area contributed by atoms with Crippen LogP contribution in [0.25, 0.3) is 0 Å². The normalized spacial score (nSPS) is 14.2. The Hall–Kier alpha value is -1.31. The third kappa shape index (κ3) is 3.32. The summed E-state index contributed by atoms with van der Waals surface area (Å²) in [4.78, 5) is 12.1. The molecular weight excluding hydrogens is 212 g/mol. The summed E-state index contributed by atoms with van der Waals surface area (Å²) in [5.74, 6) is 0.191. The van der Waals surface area contributed by atoms with Gasteiger partial charge in [0.1, 0.15) is 6.10 Å². The lowest BCUT2D eigenvalue weighted by molar-refractivity contribution is 0.0212. The summed E-state index contributed by atoms with van der Waals surface area (Å²) in [6.07, 6.45) is 0.979. The smallest absolute Gasteiger partial charge is 0.338 e. The molecular formula is C15H22O2. The maximum Gasteiger partial charge on any atom is 0.338 e.